The smallest absolute Gasteiger partial charge is 0.124 e. The topological polar surface area (TPSA) is 12.9 Å². The van der Waals surface area contributed by atoms with Crippen LogP contribution in [0.4, 0.5) is 0 Å². The molecule has 0 amide bonds. The highest BCUT2D eigenvalue weighted by atomic mass is 32.2. The van der Waals surface area contributed by atoms with Gasteiger partial charge < -0.3 is 0 Å². The highest BCUT2D eigenvalue weighted by Gasteiger charge is 2.08. The van der Waals surface area contributed by atoms with Crippen LogP contribution < -0.4 is 0 Å². The average Bonchev–Trinajstić information content (AvgIpc) is 2.69. The summed E-state index contributed by atoms with van der Waals surface area (Å²) in [6.07, 6.45) is 1.92. The normalized spacial score (nSPS) is 10.3. The molecule has 1 heterocycles. The third-order valence-electron chi connectivity index (χ3n) is 2.11. The van der Waals surface area contributed by atoms with Crippen LogP contribution >= 0.6 is 23.1 Å². The Morgan fingerprint density at radius 1 is 1.38 bits per heavy atom. The Bertz CT molecular complexity index is 474. The van der Waals surface area contributed by atoms with E-state index in [4.69, 9.17) is 0 Å². The van der Waals surface area contributed by atoms with Gasteiger partial charge in [-0.3, -0.25) is 0 Å². The average molecular weight is 247 g/mol. The number of hydrogen-bond donors (Lipinski definition) is 0. The molecule has 2 aromatic rings. The van der Waals surface area contributed by atoms with Gasteiger partial charge in [0.15, 0.2) is 0 Å². The molecule has 0 fully saturated rings. The monoisotopic (exact) mass is 247 g/mol. The van der Waals surface area contributed by atoms with Crippen LogP contribution in [0.15, 0.2) is 47.2 Å². The SMILES string of the molecule is C=CCSc1sc(-c2ccccc2)nc1C. The molecule has 0 aliphatic heterocycles. The van der Waals surface area contributed by atoms with Crippen molar-refractivity contribution in [1.82, 2.24) is 4.98 Å². The van der Waals surface area contributed by atoms with E-state index >= 15 is 0 Å². The number of nitrogens with zero attached hydrogens (tertiary/aromatic N) is 1. The molecule has 1 aromatic heterocycles. The summed E-state index contributed by atoms with van der Waals surface area (Å²) in [4.78, 5) is 4.60. The predicted octanol–water partition coefficient (Wildman–Crippen LogP) is 4.40. The standard InChI is InChI=1S/C13H13NS2/c1-3-9-15-13-10(2)14-12(16-13)11-7-5-4-6-8-11/h3-8H,1,9H2,2H3. The predicted molar refractivity (Wildman–Crippen MR) is 73.2 cm³/mol. The molecule has 82 valence electrons. The van der Waals surface area contributed by atoms with Crippen molar-refractivity contribution in [3.63, 3.8) is 0 Å². The van der Waals surface area contributed by atoms with Gasteiger partial charge in [-0.1, -0.05) is 36.4 Å². The molecule has 0 bridgehead atoms. The lowest BCUT2D eigenvalue weighted by Gasteiger charge is -1.93. The van der Waals surface area contributed by atoms with Gasteiger partial charge in [0.25, 0.3) is 0 Å². The summed E-state index contributed by atoms with van der Waals surface area (Å²) in [6, 6.07) is 10.3. The zero-order valence-corrected chi connectivity index (χ0v) is 10.8. The van der Waals surface area contributed by atoms with Crippen LogP contribution in [0.25, 0.3) is 10.6 Å². The molecule has 0 radical (unpaired) electrons. The fourth-order valence-corrected chi connectivity index (χ4v) is 3.36. The summed E-state index contributed by atoms with van der Waals surface area (Å²) in [5.41, 5.74) is 2.32. The molecule has 0 N–H and O–H groups in total. The molecule has 0 aliphatic carbocycles. The number of aryl methyl sites for hydroxylation is 1. The van der Waals surface area contributed by atoms with Crippen LogP contribution in [-0.4, -0.2) is 10.7 Å². The number of thioether (sulfide) groups is 1. The van der Waals surface area contributed by atoms with Gasteiger partial charge in [0.1, 0.15) is 5.01 Å². The summed E-state index contributed by atoms with van der Waals surface area (Å²) in [5, 5.41) is 1.10. The van der Waals surface area contributed by atoms with Crippen LogP contribution in [-0.2, 0) is 0 Å². The molecule has 16 heavy (non-hydrogen) atoms. The second kappa shape index (κ2) is 5.32. The van der Waals surface area contributed by atoms with E-state index in [1.807, 2.05) is 24.3 Å². The minimum atomic E-state index is 0.942. The van der Waals surface area contributed by atoms with Crippen LogP contribution in [0, 0.1) is 6.92 Å². The first-order chi connectivity index (χ1) is 7.81. The van der Waals surface area contributed by atoms with E-state index in [0.29, 0.717) is 0 Å². The lowest BCUT2D eigenvalue weighted by atomic mass is 10.2. The molecule has 2 rings (SSSR count). The molecular weight excluding hydrogens is 234 g/mol. The van der Waals surface area contributed by atoms with Crippen molar-refractivity contribution in [1.29, 1.82) is 0 Å². The van der Waals surface area contributed by atoms with Crippen molar-refractivity contribution in [2.24, 2.45) is 0 Å². The van der Waals surface area contributed by atoms with Gasteiger partial charge in [0.2, 0.25) is 0 Å². The zero-order valence-electron chi connectivity index (χ0n) is 9.14. The molecule has 1 aromatic carbocycles. The summed E-state index contributed by atoms with van der Waals surface area (Å²) in [7, 11) is 0. The number of benzene rings is 1. The number of thiazole rings is 1. The molecule has 1 nitrogen and oxygen atoms in total. The van der Waals surface area contributed by atoms with Gasteiger partial charge in [-0.2, -0.15) is 0 Å². The Balaban J connectivity index is 2.27. The quantitative estimate of drug-likeness (QED) is 0.587. The largest absolute Gasteiger partial charge is 0.240 e. The second-order valence-electron chi connectivity index (χ2n) is 3.36. The minimum absolute atomic E-state index is 0.942. The van der Waals surface area contributed by atoms with E-state index in [0.717, 1.165) is 16.5 Å². The Hall–Kier alpha value is -1.06. The van der Waals surface area contributed by atoms with Gasteiger partial charge in [0, 0.05) is 11.3 Å². The lowest BCUT2D eigenvalue weighted by Crippen LogP contribution is -1.76. The van der Waals surface area contributed by atoms with Crippen molar-refractivity contribution in [2.45, 2.75) is 11.1 Å². The maximum absolute atomic E-state index is 4.60. The number of hydrogen-bond acceptors (Lipinski definition) is 3. The van der Waals surface area contributed by atoms with Crippen LogP contribution in [0.3, 0.4) is 0 Å². The van der Waals surface area contributed by atoms with E-state index in [2.05, 4.69) is 30.6 Å². The molecule has 0 unspecified atom stereocenters. The lowest BCUT2D eigenvalue weighted by molar-refractivity contribution is 1.21. The van der Waals surface area contributed by atoms with E-state index < -0.39 is 0 Å². The highest BCUT2D eigenvalue weighted by molar-refractivity contribution is 8.01. The third kappa shape index (κ3) is 2.54. The first kappa shape index (κ1) is 11.4. The summed E-state index contributed by atoms with van der Waals surface area (Å²) in [5.74, 6) is 0.942. The van der Waals surface area contributed by atoms with Crippen LogP contribution in [0.5, 0.6) is 0 Å². The molecule has 0 atom stereocenters. The highest BCUT2D eigenvalue weighted by Crippen LogP contribution is 2.34. The maximum Gasteiger partial charge on any atom is 0.124 e. The number of aromatic nitrogens is 1. The van der Waals surface area contributed by atoms with Crippen molar-refractivity contribution in [2.75, 3.05) is 5.75 Å². The first-order valence-electron chi connectivity index (χ1n) is 5.08. The van der Waals surface area contributed by atoms with Gasteiger partial charge >= 0.3 is 0 Å². The molecule has 0 saturated heterocycles. The van der Waals surface area contributed by atoms with Gasteiger partial charge in [-0.25, -0.2) is 4.98 Å². The fourth-order valence-electron chi connectivity index (χ4n) is 1.36. The minimum Gasteiger partial charge on any atom is -0.240 e. The van der Waals surface area contributed by atoms with Gasteiger partial charge in [0.05, 0.1) is 9.90 Å². The van der Waals surface area contributed by atoms with E-state index in [-0.39, 0.29) is 0 Å². The van der Waals surface area contributed by atoms with Gasteiger partial charge in [-0.15, -0.1) is 29.7 Å². The zero-order chi connectivity index (χ0) is 11.4. The fraction of sp³-hybridized carbons (Fsp3) is 0.154. The van der Waals surface area contributed by atoms with Crippen molar-refractivity contribution in [3.05, 3.63) is 48.7 Å². The molecule has 0 saturated carbocycles. The van der Waals surface area contributed by atoms with Crippen molar-refractivity contribution in [3.8, 4) is 10.6 Å². The first-order valence-corrected chi connectivity index (χ1v) is 6.88. The van der Waals surface area contributed by atoms with Crippen molar-refractivity contribution >= 4 is 23.1 Å². The van der Waals surface area contributed by atoms with E-state index in [1.165, 1.54) is 9.77 Å². The van der Waals surface area contributed by atoms with Crippen molar-refractivity contribution < 1.29 is 0 Å². The molecule has 0 spiro atoms. The van der Waals surface area contributed by atoms with Crippen LogP contribution in [0.2, 0.25) is 0 Å². The Morgan fingerprint density at radius 3 is 2.81 bits per heavy atom. The Labute approximate surface area is 104 Å². The number of rotatable bonds is 4. The van der Waals surface area contributed by atoms with Crippen LogP contribution in [0.1, 0.15) is 5.69 Å². The Morgan fingerprint density at radius 2 is 2.12 bits per heavy atom. The molecule has 0 aliphatic rings. The van der Waals surface area contributed by atoms with Gasteiger partial charge in [-0.05, 0) is 6.92 Å². The molecule has 3 heteroatoms. The Kier molecular flexibility index (Phi) is 3.80. The van der Waals surface area contributed by atoms with E-state index in [1.54, 1.807) is 23.1 Å². The summed E-state index contributed by atoms with van der Waals surface area (Å²) in [6.45, 7) is 5.80. The summed E-state index contributed by atoms with van der Waals surface area (Å²) >= 11 is 3.56. The third-order valence-corrected chi connectivity index (χ3v) is 4.67. The molecular formula is C13H13NS2. The maximum atomic E-state index is 4.60. The second-order valence-corrected chi connectivity index (χ2v) is 5.65. The summed E-state index contributed by atoms with van der Waals surface area (Å²) < 4.78 is 1.29. The van der Waals surface area contributed by atoms with E-state index in [9.17, 15) is 0 Å².